The van der Waals surface area contributed by atoms with Crippen LogP contribution >= 0.6 is 11.3 Å². The fourth-order valence-corrected chi connectivity index (χ4v) is 3.21. The number of nitrogens with zero attached hydrogens (tertiary/aromatic N) is 2. The van der Waals surface area contributed by atoms with Crippen molar-refractivity contribution < 1.29 is 14.3 Å². The van der Waals surface area contributed by atoms with Crippen LogP contribution in [0.2, 0.25) is 0 Å². The van der Waals surface area contributed by atoms with E-state index in [0.717, 1.165) is 16.0 Å². The largest absolute Gasteiger partial charge is 0.493 e. The van der Waals surface area contributed by atoms with Crippen molar-refractivity contribution >= 4 is 33.3 Å². The second kappa shape index (κ2) is 8.48. The van der Waals surface area contributed by atoms with Gasteiger partial charge in [0.25, 0.3) is 5.91 Å². The molecular formula is C18H20N4O3S. The van der Waals surface area contributed by atoms with Gasteiger partial charge in [-0.1, -0.05) is 0 Å². The molecule has 0 aliphatic rings. The fraction of sp³-hybridized carbons (Fsp3) is 0.278. The first-order valence-corrected chi connectivity index (χ1v) is 9.12. The maximum Gasteiger partial charge on any atom is 0.251 e. The number of methoxy groups -OCH3 is 1. The highest BCUT2D eigenvalue weighted by Crippen LogP contribution is 2.28. The number of benzene rings is 1. The van der Waals surface area contributed by atoms with Crippen LogP contribution in [-0.4, -0.2) is 42.7 Å². The van der Waals surface area contributed by atoms with Gasteiger partial charge >= 0.3 is 0 Å². The predicted octanol–water partition coefficient (Wildman–Crippen LogP) is 2.94. The van der Waals surface area contributed by atoms with Crippen molar-refractivity contribution in [3.05, 3.63) is 41.5 Å². The number of fused-ring (bicyclic) bond motifs is 1. The normalized spacial score (nSPS) is 10.5. The van der Waals surface area contributed by atoms with Gasteiger partial charge in [0.05, 0.1) is 19.1 Å². The van der Waals surface area contributed by atoms with Gasteiger partial charge in [0.15, 0.2) is 11.5 Å². The molecule has 2 N–H and O–H groups in total. The van der Waals surface area contributed by atoms with E-state index in [1.54, 1.807) is 36.6 Å². The van der Waals surface area contributed by atoms with Crippen molar-refractivity contribution in [1.29, 1.82) is 0 Å². The first-order valence-electron chi connectivity index (χ1n) is 8.24. The van der Waals surface area contributed by atoms with E-state index in [1.165, 1.54) is 6.33 Å². The van der Waals surface area contributed by atoms with Crippen molar-refractivity contribution in [3.8, 4) is 11.5 Å². The Labute approximate surface area is 155 Å². The molecule has 8 heteroatoms. The van der Waals surface area contributed by atoms with E-state index >= 15 is 0 Å². The van der Waals surface area contributed by atoms with E-state index in [2.05, 4.69) is 20.6 Å². The van der Waals surface area contributed by atoms with E-state index in [0.29, 0.717) is 36.8 Å². The van der Waals surface area contributed by atoms with Crippen LogP contribution in [0, 0.1) is 0 Å². The Hall–Kier alpha value is -2.87. The monoisotopic (exact) mass is 372 g/mol. The van der Waals surface area contributed by atoms with Crippen molar-refractivity contribution in [2.24, 2.45) is 0 Å². The zero-order valence-electron chi connectivity index (χ0n) is 14.6. The Morgan fingerprint density at radius 1 is 1.19 bits per heavy atom. The second-order valence-corrected chi connectivity index (χ2v) is 6.24. The molecule has 0 radical (unpaired) electrons. The Bertz CT molecular complexity index is 897. The molecule has 0 unspecified atom stereocenters. The van der Waals surface area contributed by atoms with Gasteiger partial charge in [-0.2, -0.15) is 0 Å². The maximum atomic E-state index is 12.3. The SMILES string of the molecule is CCOc1ccc(C(=O)NCCNc2ncnc3sccc23)cc1OC. The van der Waals surface area contributed by atoms with E-state index in [-0.39, 0.29) is 5.91 Å². The molecule has 3 aromatic rings. The quantitative estimate of drug-likeness (QED) is 0.592. The minimum Gasteiger partial charge on any atom is -0.493 e. The van der Waals surface area contributed by atoms with E-state index in [4.69, 9.17) is 9.47 Å². The van der Waals surface area contributed by atoms with Crippen LogP contribution in [-0.2, 0) is 0 Å². The van der Waals surface area contributed by atoms with E-state index < -0.39 is 0 Å². The molecule has 0 saturated heterocycles. The van der Waals surface area contributed by atoms with Crippen LogP contribution in [0.1, 0.15) is 17.3 Å². The minimum atomic E-state index is -0.170. The van der Waals surface area contributed by atoms with Crippen LogP contribution in [0.25, 0.3) is 10.2 Å². The molecule has 0 atom stereocenters. The topological polar surface area (TPSA) is 85.4 Å². The van der Waals surface area contributed by atoms with E-state index in [1.807, 2.05) is 18.4 Å². The summed E-state index contributed by atoms with van der Waals surface area (Å²) in [5.41, 5.74) is 0.521. The number of anilines is 1. The molecule has 2 aromatic heterocycles. The van der Waals surface area contributed by atoms with Gasteiger partial charge in [-0.3, -0.25) is 4.79 Å². The Morgan fingerprint density at radius 2 is 2.08 bits per heavy atom. The molecule has 1 amide bonds. The number of ether oxygens (including phenoxy) is 2. The van der Waals surface area contributed by atoms with Crippen LogP contribution in [0.4, 0.5) is 5.82 Å². The van der Waals surface area contributed by atoms with Crippen LogP contribution in [0.3, 0.4) is 0 Å². The number of aromatic nitrogens is 2. The number of carbonyl (C=O) groups excluding carboxylic acids is 1. The highest BCUT2D eigenvalue weighted by Gasteiger charge is 2.11. The summed E-state index contributed by atoms with van der Waals surface area (Å²) in [6.07, 6.45) is 1.53. The number of rotatable bonds is 8. The molecule has 0 aliphatic heterocycles. The lowest BCUT2D eigenvalue weighted by Crippen LogP contribution is -2.28. The second-order valence-electron chi connectivity index (χ2n) is 5.34. The number of hydrogen-bond acceptors (Lipinski definition) is 7. The number of carbonyl (C=O) groups is 1. The highest BCUT2D eigenvalue weighted by atomic mass is 32.1. The number of amides is 1. The van der Waals surface area contributed by atoms with Gasteiger partial charge in [0.2, 0.25) is 0 Å². The summed E-state index contributed by atoms with van der Waals surface area (Å²) >= 11 is 1.57. The smallest absolute Gasteiger partial charge is 0.251 e. The number of nitrogens with one attached hydrogen (secondary N) is 2. The summed E-state index contributed by atoms with van der Waals surface area (Å²) in [7, 11) is 1.55. The molecular weight excluding hydrogens is 352 g/mol. The first kappa shape index (κ1) is 17.9. The maximum absolute atomic E-state index is 12.3. The lowest BCUT2D eigenvalue weighted by Gasteiger charge is -2.11. The van der Waals surface area contributed by atoms with Gasteiger partial charge in [0.1, 0.15) is 17.0 Å². The lowest BCUT2D eigenvalue weighted by molar-refractivity contribution is 0.0954. The molecule has 7 nitrogen and oxygen atoms in total. The van der Waals surface area contributed by atoms with Crippen LogP contribution in [0.5, 0.6) is 11.5 Å². The molecule has 0 bridgehead atoms. The van der Waals surface area contributed by atoms with E-state index in [9.17, 15) is 4.79 Å². The number of thiophene rings is 1. The summed E-state index contributed by atoms with van der Waals surface area (Å²) in [4.78, 5) is 21.7. The molecule has 0 spiro atoms. The zero-order valence-corrected chi connectivity index (χ0v) is 15.4. The average Bonchev–Trinajstić information content (AvgIpc) is 3.15. The molecule has 26 heavy (non-hydrogen) atoms. The van der Waals surface area contributed by atoms with Crippen molar-refractivity contribution in [3.63, 3.8) is 0 Å². The summed E-state index contributed by atoms with van der Waals surface area (Å²) in [6.45, 7) is 3.45. The Kier molecular flexibility index (Phi) is 5.85. The molecule has 0 aliphatic carbocycles. The summed E-state index contributed by atoms with van der Waals surface area (Å²) < 4.78 is 10.7. The molecule has 136 valence electrons. The Morgan fingerprint density at radius 3 is 2.88 bits per heavy atom. The first-order chi connectivity index (χ1) is 12.7. The van der Waals surface area contributed by atoms with Gasteiger partial charge in [0, 0.05) is 18.7 Å². The van der Waals surface area contributed by atoms with Crippen molar-refractivity contribution in [2.45, 2.75) is 6.92 Å². The van der Waals surface area contributed by atoms with Gasteiger partial charge in [-0.25, -0.2) is 9.97 Å². The molecule has 0 fully saturated rings. The third-order valence-electron chi connectivity index (χ3n) is 3.69. The van der Waals surface area contributed by atoms with Gasteiger partial charge in [-0.05, 0) is 36.6 Å². The molecule has 0 saturated carbocycles. The Balaban J connectivity index is 1.55. The van der Waals surface area contributed by atoms with Crippen LogP contribution in [0.15, 0.2) is 36.0 Å². The van der Waals surface area contributed by atoms with Gasteiger partial charge < -0.3 is 20.1 Å². The zero-order chi connectivity index (χ0) is 18.4. The molecule has 3 rings (SSSR count). The predicted molar refractivity (Wildman–Crippen MR) is 102 cm³/mol. The summed E-state index contributed by atoms with van der Waals surface area (Å²) in [6, 6.07) is 7.11. The summed E-state index contributed by atoms with van der Waals surface area (Å²) in [5.74, 6) is 1.76. The highest BCUT2D eigenvalue weighted by molar-refractivity contribution is 7.16. The third-order valence-corrected chi connectivity index (χ3v) is 4.51. The standard InChI is InChI=1S/C18H20N4O3S/c1-3-25-14-5-4-12(10-15(14)24-2)17(23)20-8-7-19-16-13-6-9-26-18(13)22-11-21-16/h4-6,9-11H,3,7-8H2,1-2H3,(H,20,23)(H,19,21,22). The lowest BCUT2D eigenvalue weighted by atomic mass is 10.2. The third kappa shape index (κ3) is 4.02. The molecule has 1 aromatic carbocycles. The van der Waals surface area contributed by atoms with Gasteiger partial charge in [-0.15, -0.1) is 11.3 Å². The van der Waals surface area contributed by atoms with Crippen molar-refractivity contribution in [1.82, 2.24) is 15.3 Å². The molecule has 2 heterocycles. The average molecular weight is 372 g/mol. The van der Waals surface area contributed by atoms with Crippen molar-refractivity contribution in [2.75, 3.05) is 32.1 Å². The van der Waals surface area contributed by atoms with Crippen LogP contribution < -0.4 is 20.1 Å². The number of hydrogen-bond donors (Lipinski definition) is 2. The minimum absolute atomic E-state index is 0.170. The summed E-state index contributed by atoms with van der Waals surface area (Å²) in [5, 5.41) is 9.06. The fourth-order valence-electron chi connectivity index (χ4n) is 2.47.